The van der Waals surface area contributed by atoms with Crippen molar-refractivity contribution in [3.8, 4) is 5.88 Å². The molecule has 3 N–H and O–H groups in total. The van der Waals surface area contributed by atoms with Gasteiger partial charge in [-0.15, -0.1) is 0 Å². The number of rotatable bonds is 6. The molecule has 2 atom stereocenters. The van der Waals surface area contributed by atoms with Crippen LogP contribution in [0.4, 0.5) is 25.2 Å². The van der Waals surface area contributed by atoms with E-state index in [0.29, 0.717) is 49.3 Å². The highest BCUT2D eigenvalue weighted by molar-refractivity contribution is 5.94. The minimum Gasteiger partial charge on any atom is -0.465 e. The predicted molar refractivity (Wildman–Crippen MR) is 123 cm³/mol. The van der Waals surface area contributed by atoms with Crippen LogP contribution in [0.25, 0.3) is 11.0 Å². The number of nitrogens with one attached hydrogen (secondary N) is 3. The molecule has 0 saturated carbocycles. The van der Waals surface area contributed by atoms with E-state index in [4.69, 9.17) is 9.47 Å². The fourth-order valence-electron chi connectivity index (χ4n) is 5.00. The zero-order valence-electron chi connectivity index (χ0n) is 19.4. The molecule has 1 saturated heterocycles. The third-order valence-electron chi connectivity index (χ3n) is 6.68. The van der Waals surface area contributed by atoms with Crippen LogP contribution in [0.2, 0.25) is 0 Å². The summed E-state index contributed by atoms with van der Waals surface area (Å²) in [6.07, 6.45) is 1.92. The summed E-state index contributed by atoms with van der Waals surface area (Å²) >= 11 is 0. The molecule has 1 fully saturated rings. The van der Waals surface area contributed by atoms with Crippen LogP contribution in [0.5, 0.6) is 5.88 Å². The van der Waals surface area contributed by atoms with Gasteiger partial charge in [0.25, 0.3) is 11.8 Å². The topological polar surface area (TPSA) is 134 Å². The number of hydrogen-bond donors (Lipinski definition) is 3. The first-order valence-electron chi connectivity index (χ1n) is 11.7. The smallest absolute Gasteiger partial charge is 0.415 e. The average Bonchev–Trinajstić information content (AvgIpc) is 3.56. The number of aromatic amines is 1. The van der Waals surface area contributed by atoms with Gasteiger partial charge in [-0.3, -0.25) is 9.69 Å². The Hall–Kier alpha value is -3.87. The number of fused-ring (bicyclic) bond motifs is 3. The van der Waals surface area contributed by atoms with Crippen LogP contribution in [-0.2, 0) is 22.4 Å². The van der Waals surface area contributed by atoms with Crippen molar-refractivity contribution in [2.45, 2.75) is 32.3 Å². The zero-order chi connectivity index (χ0) is 25.0. The van der Waals surface area contributed by atoms with Gasteiger partial charge in [-0.1, -0.05) is 0 Å². The second-order valence-electron chi connectivity index (χ2n) is 9.23. The number of aryl methyl sites for hydroxylation is 1. The molecule has 4 heterocycles. The van der Waals surface area contributed by atoms with Crippen molar-refractivity contribution in [2.75, 3.05) is 36.5 Å². The van der Waals surface area contributed by atoms with Crippen LogP contribution in [0, 0.1) is 24.5 Å². The van der Waals surface area contributed by atoms with Crippen LogP contribution in [0.3, 0.4) is 0 Å². The van der Waals surface area contributed by atoms with E-state index in [-0.39, 0.29) is 59.6 Å². The van der Waals surface area contributed by atoms with Crippen molar-refractivity contribution in [1.82, 2.24) is 25.3 Å². The van der Waals surface area contributed by atoms with Crippen LogP contribution in [0.15, 0.2) is 6.20 Å². The molecule has 2 amide bonds. The van der Waals surface area contributed by atoms with E-state index < -0.39 is 17.7 Å². The van der Waals surface area contributed by atoms with Gasteiger partial charge in [0.1, 0.15) is 23.0 Å². The fraction of sp³-hybridized carbons (Fsp3) is 0.435. The maximum absolute atomic E-state index is 14.9. The van der Waals surface area contributed by atoms with Crippen molar-refractivity contribution >= 4 is 34.7 Å². The van der Waals surface area contributed by atoms with Crippen molar-refractivity contribution < 1.29 is 27.8 Å². The number of anilines is 2. The SMILES string of the molecule is Cc1nc2c(F)c3c(c(F)c2[nH]1)CC(CNCCC1CN(c2cnc4c(n2)NC(=O)CO4)C(=O)O1)C3. The quantitative estimate of drug-likeness (QED) is 0.439. The summed E-state index contributed by atoms with van der Waals surface area (Å²) in [4.78, 5) is 40.5. The monoisotopic (exact) mass is 499 g/mol. The Labute approximate surface area is 203 Å². The first kappa shape index (κ1) is 22.6. The molecular weight excluding hydrogens is 476 g/mol. The number of nitrogens with zero attached hydrogens (tertiary/aromatic N) is 4. The molecule has 2 aromatic heterocycles. The molecule has 0 radical (unpaired) electrons. The Morgan fingerprint density at radius 2 is 2.00 bits per heavy atom. The maximum Gasteiger partial charge on any atom is 0.415 e. The van der Waals surface area contributed by atoms with Gasteiger partial charge in [-0.05, 0) is 56.3 Å². The number of amides is 2. The van der Waals surface area contributed by atoms with E-state index in [2.05, 4.69) is 30.6 Å². The molecule has 13 heteroatoms. The lowest BCUT2D eigenvalue weighted by molar-refractivity contribution is -0.118. The number of hydrogen-bond acceptors (Lipinski definition) is 8. The molecule has 2 aliphatic heterocycles. The molecule has 3 aliphatic rings. The van der Waals surface area contributed by atoms with Crippen molar-refractivity contribution in [2.24, 2.45) is 5.92 Å². The molecule has 3 aromatic rings. The molecule has 1 aromatic carbocycles. The van der Waals surface area contributed by atoms with E-state index in [0.717, 1.165) is 0 Å². The first-order chi connectivity index (χ1) is 17.4. The van der Waals surface area contributed by atoms with E-state index in [1.807, 2.05) is 0 Å². The number of cyclic esters (lactones) is 1. The molecule has 188 valence electrons. The van der Waals surface area contributed by atoms with Crippen LogP contribution in [-0.4, -0.2) is 64.3 Å². The van der Waals surface area contributed by atoms with E-state index in [1.165, 1.54) is 11.1 Å². The number of imidazole rings is 1. The Morgan fingerprint density at radius 1 is 1.19 bits per heavy atom. The lowest BCUT2D eigenvalue weighted by atomic mass is 10.1. The highest BCUT2D eigenvalue weighted by Gasteiger charge is 2.35. The molecule has 1 aliphatic carbocycles. The summed E-state index contributed by atoms with van der Waals surface area (Å²) in [5, 5.41) is 5.88. The largest absolute Gasteiger partial charge is 0.465 e. The number of benzene rings is 1. The van der Waals surface area contributed by atoms with Gasteiger partial charge in [-0.2, -0.15) is 0 Å². The fourth-order valence-corrected chi connectivity index (χ4v) is 5.00. The van der Waals surface area contributed by atoms with Gasteiger partial charge in [0.2, 0.25) is 0 Å². The molecule has 2 unspecified atom stereocenters. The number of H-pyrrole nitrogens is 1. The highest BCUT2D eigenvalue weighted by Crippen LogP contribution is 2.35. The number of carbonyl (C=O) groups excluding carboxylic acids is 2. The highest BCUT2D eigenvalue weighted by atomic mass is 19.1. The van der Waals surface area contributed by atoms with Crippen molar-refractivity contribution in [1.29, 1.82) is 0 Å². The third kappa shape index (κ3) is 3.88. The van der Waals surface area contributed by atoms with Crippen LogP contribution < -0.4 is 20.3 Å². The predicted octanol–water partition coefficient (Wildman–Crippen LogP) is 1.99. The van der Waals surface area contributed by atoms with Gasteiger partial charge in [0.15, 0.2) is 29.9 Å². The van der Waals surface area contributed by atoms with Crippen LogP contribution in [0.1, 0.15) is 23.4 Å². The second kappa shape index (κ2) is 8.66. The summed E-state index contributed by atoms with van der Waals surface area (Å²) in [6, 6.07) is 0. The van der Waals surface area contributed by atoms with Gasteiger partial charge < -0.3 is 25.1 Å². The van der Waals surface area contributed by atoms with Gasteiger partial charge in [0, 0.05) is 0 Å². The second-order valence-corrected chi connectivity index (χ2v) is 9.23. The normalized spacial score (nSPS) is 19.3. The molecule has 11 nitrogen and oxygen atoms in total. The molecule has 0 spiro atoms. The standard InChI is InChI=1S/C23H23F2N7O4/c1-10-28-19-17(24)13-4-11(5-14(13)18(25)20(19)29-10)6-26-3-2-12-8-32(23(34)36-12)15-7-27-22-21(30-15)31-16(33)9-35-22/h7,11-12,26H,2-6,8-9H2,1H3,(H,28,29)(H,30,31,33). The molecule has 0 bridgehead atoms. The van der Waals surface area contributed by atoms with E-state index in [9.17, 15) is 18.4 Å². The Kier molecular flexibility index (Phi) is 5.43. The first-order valence-corrected chi connectivity index (χ1v) is 11.7. The summed E-state index contributed by atoms with van der Waals surface area (Å²) in [6.45, 7) is 2.96. The summed E-state index contributed by atoms with van der Waals surface area (Å²) < 4.78 is 40.4. The molecule has 36 heavy (non-hydrogen) atoms. The summed E-state index contributed by atoms with van der Waals surface area (Å²) in [7, 11) is 0. The number of aromatic nitrogens is 4. The van der Waals surface area contributed by atoms with Gasteiger partial charge in [-0.25, -0.2) is 28.5 Å². The summed E-state index contributed by atoms with van der Waals surface area (Å²) in [5.74, 6) is -0.0470. The zero-order valence-corrected chi connectivity index (χ0v) is 19.4. The number of carbonyl (C=O) groups is 2. The number of halogens is 2. The van der Waals surface area contributed by atoms with Crippen LogP contribution >= 0.6 is 0 Å². The Morgan fingerprint density at radius 3 is 2.83 bits per heavy atom. The van der Waals surface area contributed by atoms with Gasteiger partial charge >= 0.3 is 6.09 Å². The van der Waals surface area contributed by atoms with Crippen molar-refractivity contribution in [3.05, 3.63) is 34.8 Å². The summed E-state index contributed by atoms with van der Waals surface area (Å²) in [5.41, 5.74) is 1.02. The lowest BCUT2D eigenvalue weighted by Gasteiger charge is -2.18. The average molecular weight is 499 g/mol. The Balaban J connectivity index is 1.02. The van der Waals surface area contributed by atoms with E-state index >= 15 is 0 Å². The minimum absolute atomic E-state index is 0.0578. The molecule has 6 rings (SSSR count). The van der Waals surface area contributed by atoms with Crippen molar-refractivity contribution in [3.63, 3.8) is 0 Å². The number of ether oxygens (including phenoxy) is 2. The van der Waals surface area contributed by atoms with Gasteiger partial charge in [0.05, 0.1) is 12.7 Å². The Bertz CT molecular complexity index is 1350. The molecular formula is C23H23F2N7O4. The maximum atomic E-state index is 14.9. The third-order valence-corrected chi connectivity index (χ3v) is 6.68. The minimum atomic E-state index is -0.547. The lowest BCUT2D eigenvalue weighted by Crippen LogP contribution is -2.30. The van der Waals surface area contributed by atoms with E-state index in [1.54, 1.807) is 6.92 Å².